The molecule has 0 saturated carbocycles. The second-order valence-electron chi connectivity index (χ2n) is 6.58. The number of carboxylic acids is 1. The first-order chi connectivity index (χ1) is 12.5. The summed E-state index contributed by atoms with van der Waals surface area (Å²) < 4.78 is 0. The summed E-state index contributed by atoms with van der Waals surface area (Å²) >= 11 is 0. The fraction of sp³-hybridized carbons (Fsp3) is 0.190. The summed E-state index contributed by atoms with van der Waals surface area (Å²) in [7, 11) is 0. The molecule has 1 fully saturated rings. The van der Waals surface area contributed by atoms with Gasteiger partial charge in [0, 0.05) is 17.5 Å². The molecule has 2 heterocycles. The second-order valence-corrected chi connectivity index (χ2v) is 6.58. The summed E-state index contributed by atoms with van der Waals surface area (Å²) in [6.07, 6.45) is 0.495. The van der Waals surface area contributed by atoms with Gasteiger partial charge in [0.25, 0.3) is 5.91 Å². The lowest BCUT2D eigenvalue weighted by Gasteiger charge is -2.38. The summed E-state index contributed by atoms with van der Waals surface area (Å²) in [5, 5.41) is 10.0. The highest BCUT2D eigenvalue weighted by molar-refractivity contribution is 6.08. The molecule has 0 radical (unpaired) electrons. The van der Waals surface area contributed by atoms with Crippen molar-refractivity contribution in [3.05, 3.63) is 65.7 Å². The van der Waals surface area contributed by atoms with Crippen LogP contribution < -0.4 is 0 Å². The number of carbonyl (C=O) groups is 2. The van der Waals surface area contributed by atoms with E-state index in [1.807, 2.05) is 55.5 Å². The topological polar surface area (TPSA) is 70.5 Å². The largest absolute Gasteiger partial charge is 0.480 e. The van der Waals surface area contributed by atoms with Gasteiger partial charge in [-0.1, -0.05) is 48.0 Å². The van der Waals surface area contributed by atoms with Crippen molar-refractivity contribution in [2.75, 3.05) is 6.54 Å². The van der Waals surface area contributed by atoms with Crippen molar-refractivity contribution in [2.45, 2.75) is 19.4 Å². The van der Waals surface area contributed by atoms with Gasteiger partial charge in [0.1, 0.15) is 6.04 Å². The molecular formula is C21H18N2O3. The van der Waals surface area contributed by atoms with E-state index >= 15 is 0 Å². The Bertz CT molecular complexity index is 1010. The van der Waals surface area contributed by atoms with Crippen molar-refractivity contribution in [3.63, 3.8) is 0 Å². The first-order valence-corrected chi connectivity index (χ1v) is 8.55. The Morgan fingerprint density at radius 3 is 2.50 bits per heavy atom. The number of aryl methyl sites for hydroxylation is 1. The lowest BCUT2D eigenvalue weighted by atomic mass is 9.98. The van der Waals surface area contributed by atoms with Crippen molar-refractivity contribution in [1.82, 2.24) is 9.88 Å². The fourth-order valence-electron chi connectivity index (χ4n) is 3.27. The minimum Gasteiger partial charge on any atom is -0.480 e. The van der Waals surface area contributed by atoms with Crippen LogP contribution in [0.2, 0.25) is 0 Å². The normalized spacial score (nSPS) is 16.3. The van der Waals surface area contributed by atoms with Crippen LogP contribution in [0.1, 0.15) is 22.3 Å². The molecule has 1 aliphatic heterocycles. The molecule has 5 nitrogen and oxygen atoms in total. The highest BCUT2D eigenvalue weighted by atomic mass is 16.4. The molecule has 0 bridgehead atoms. The molecule has 1 atom stereocenters. The van der Waals surface area contributed by atoms with E-state index in [1.165, 1.54) is 4.90 Å². The van der Waals surface area contributed by atoms with Gasteiger partial charge in [-0.3, -0.25) is 4.79 Å². The summed E-state index contributed by atoms with van der Waals surface area (Å²) in [6.45, 7) is 2.48. The SMILES string of the molecule is Cc1ccc(-c2cc(C(=O)N3CC[C@@H]3C(=O)O)c3ccccc3n2)cc1. The van der Waals surface area contributed by atoms with Crippen molar-refractivity contribution < 1.29 is 14.7 Å². The van der Waals surface area contributed by atoms with Crippen LogP contribution in [0.15, 0.2) is 54.6 Å². The summed E-state index contributed by atoms with van der Waals surface area (Å²) in [6, 6.07) is 16.5. The van der Waals surface area contributed by atoms with Gasteiger partial charge in [-0.2, -0.15) is 0 Å². The van der Waals surface area contributed by atoms with Crippen LogP contribution in [-0.4, -0.2) is 39.5 Å². The maximum atomic E-state index is 13.0. The number of hydrogen-bond donors (Lipinski definition) is 1. The number of pyridine rings is 1. The Morgan fingerprint density at radius 1 is 1.12 bits per heavy atom. The zero-order valence-electron chi connectivity index (χ0n) is 14.3. The number of amides is 1. The minimum absolute atomic E-state index is 0.254. The lowest BCUT2D eigenvalue weighted by molar-refractivity contribution is -0.146. The van der Waals surface area contributed by atoms with Crippen molar-refractivity contribution in [3.8, 4) is 11.3 Å². The molecule has 1 aromatic heterocycles. The summed E-state index contributed by atoms with van der Waals surface area (Å²) in [5.74, 6) is -1.21. The molecule has 0 spiro atoms. The van der Waals surface area contributed by atoms with Gasteiger partial charge in [0.15, 0.2) is 0 Å². The van der Waals surface area contributed by atoms with Crippen LogP contribution in [0.4, 0.5) is 0 Å². The van der Waals surface area contributed by atoms with E-state index in [-0.39, 0.29) is 5.91 Å². The average molecular weight is 346 g/mol. The van der Waals surface area contributed by atoms with Crippen molar-refractivity contribution in [2.24, 2.45) is 0 Å². The zero-order valence-corrected chi connectivity index (χ0v) is 14.3. The number of aliphatic carboxylic acids is 1. The second kappa shape index (κ2) is 6.26. The van der Waals surface area contributed by atoms with Crippen LogP contribution >= 0.6 is 0 Å². The summed E-state index contributed by atoms with van der Waals surface area (Å²) in [5.41, 5.74) is 4.00. The maximum absolute atomic E-state index is 13.0. The number of aromatic nitrogens is 1. The van der Waals surface area contributed by atoms with Gasteiger partial charge in [-0.25, -0.2) is 9.78 Å². The Labute approximate surface area is 150 Å². The van der Waals surface area contributed by atoms with Gasteiger partial charge in [-0.15, -0.1) is 0 Å². The van der Waals surface area contributed by atoms with Crippen molar-refractivity contribution in [1.29, 1.82) is 0 Å². The van der Waals surface area contributed by atoms with Crippen LogP contribution in [0, 0.1) is 6.92 Å². The minimum atomic E-state index is -0.957. The van der Waals surface area contributed by atoms with E-state index in [0.29, 0.717) is 24.2 Å². The molecule has 0 aliphatic carbocycles. The van der Waals surface area contributed by atoms with Crippen LogP contribution in [-0.2, 0) is 4.79 Å². The van der Waals surface area contributed by atoms with E-state index < -0.39 is 12.0 Å². The van der Waals surface area contributed by atoms with Crippen molar-refractivity contribution >= 4 is 22.8 Å². The standard InChI is InChI=1S/C21H18N2O3/c1-13-6-8-14(9-7-13)18-12-16(15-4-2-3-5-17(15)22-18)20(24)23-11-10-19(23)21(25)26/h2-9,12,19H,10-11H2,1H3,(H,25,26)/t19-/m1/s1. The zero-order chi connectivity index (χ0) is 18.3. The molecule has 1 N–H and O–H groups in total. The van der Waals surface area contributed by atoms with Gasteiger partial charge in [0.05, 0.1) is 16.8 Å². The number of nitrogens with zero attached hydrogens (tertiary/aromatic N) is 2. The number of para-hydroxylation sites is 1. The molecule has 130 valence electrons. The number of hydrogen-bond acceptors (Lipinski definition) is 3. The monoisotopic (exact) mass is 346 g/mol. The van der Waals surface area contributed by atoms with Gasteiger partial charge in [-0.05, 0) is 25.5 Å². The Balaban J connectivity index is 1.84. The Hall–Kier alpha value is -3.21. The molecule has 1 aliphatic rings. The predicted octanol–water partition coefficient (Wildman–Crippen LogP) is 3.51. The number of carboxylic acid groups (broad SMARTS) is 1. The number of rotatable bonds is 3. The van der Waals surface area contributed by atoms with Crippen LogP contribution in [0.5, 0.6) is 0 Å². The quantitative estimate of drug-likeness (QED) is 0.788. The number of fused-ring (bicyclic) bond motifs is 1. The van der Waals surface area contributed by atoms with Gasteiger partial charge < -0.3 is 10.0 Å². The highest BCUT2D eigenvalue weighted by Crippen LogP contribution is 2.28. The van der Waals surface area contributed by atoms with E-state index in [2.05, 4.69) is 4.98 Å². The number of likely N-dealkylation sites (tertiary alicyclic amines) is 1. The van der Waals surface area contributed by atoms with Gasteiger partial charge >= 0.3 is 5.97 Å². The number of benzene rings is 2. The molecule has 1 amide bonds. The average Bonchev–Trinajstić information content (AvgIpc) is 2.60. The molecule has 2 aromatic carbocycles. The Morgan fingerprint density at radius 2 is 1.85 bits per heavy atom. The van der Waals surface area contributed by atoms with E-state index in [0.717, 1.165) is 22.0 Å². The first kappa shape index (κ1) is 16.3. The molecule has 0 unspecified atom stereocenters. The molecule has 3 aromatic rings. The molecule has 4 rings (SSSR count). The molecule has 5 heteroatoms. The third-order valence-electron chi connectivity index (χ3n) is 4.86. The van der Waals surface area contributed by atoms with E-state index in [1.54, 1.807) is 6.07 Å². The Kier molecular flexibility index (Phi) is 3.92. The smallest absolute Gasteiger partial charge is 0.326 e. The maximum Gasteiger partial charge on any atom is 0.326 e. The predicted molar refractivity (Wildman–Crippen MR) is 99.0 cm³/mol. The van der Waals surface area contributed by atoms with E-state index in [9.17, 15) is 14.7 Å². The van der Waals surface area contributed by atoms with Crippen LogP contribution in [0.3, 0.4) is 0 Å². The third kappa shape index (κ3) is 2.71. The fourth-order valence-corrected chi connectivity index (χ4v) is 3.27. The van der Waals surface area contributed by atoms with Gasteiger partial charge in [0.2, 0.25) is 0 Å². The lowest BCUT2D eigenvalue weighted by Crippen LogP contribution is -2.55. The first-order valence-electron chi connectivity index (χ1n) is 8.55. The molecule has 26 heavy (non-hydrogen) atoms. The number of carbonyl (C=O) groups excluding carboxylic acids is 1. The highest BCUT2D eigenvalue weighted by Gasteiger charge is 2.38. The molecule has 1 saturated heterocycles. The molecular weight excluding hydrogens is 328 g/mol. The van der Waals surface area contributed by atoms with Crippen LogP contribution in [0.25, 0.3) is 22.2 Å². The third-order valence-corrected chi connectivity index (χ3v) is 4.86. The summed E-state index contributed by atoms with van der Waals surface area (Å²) in [4.78, 5) is 30.4. The van der Waals surface area contributed by atoms with E-state index in [4.69, 9.17) is 0 Å².